The van der Waals surface area contributed by atoms with Crippen LogP contribution in [0.3, 0.4) is 0 Å². The van der Waals surface area contributed by atoms with Crippen LogP contribution in [0, 0.1) is 5.41 Å². The minimum Gasteiger partial charge on any atom is -0.309 e. The van der Waals surface area contributed by atoms with Crippen LogP contribution in [-0.2, 0) is 20.5 Å². The van der Waals surface area contributed by atoms with Crippen LogP contribution in [0.25, 0.3) is 0 Å². The fourth-order valence-electron chi connectivity index (χ4n) is 3.94. The Morgan fingerprint density at radius 2 is 1.81 bits per heavy atom. The molecule has 0 radical (unpaired) electrons. The van der Waals surface area contributed by atoms with Crippen molar-refractivity contribution >= 4 is 21.6 Å². The van der Waals surface area contributed by atoms with Gasteiger partial charge in [0.25, 0.3) is 5.91 Å². The van der Waals surface area contributed by atoms with Crippen LogP contribution in [0.15, 0.2) is 23.1 Å². The third-order valence-electron chi connectivity index (χ3n) is 5.64. The van der Waals surface area contributed by atoms with E-state index in [1.807, 2.05) is 6.92 Å². The van der Waals surface area contributed by atoms with E-state index in [0.29, 0.717) is 25.3 Å². The molecule has 2 heterocycles. The fraction of sp³-hybridized carbons (Fsp3) is 0.650. The molecule has 1 aromatic rings. The van der Waals surface area contributed by atoms with Crippen molar-refractivity contribution in [3.05, 3.63) is 23.8 Å². The molecule has 0 saturated carbocycles. The van der Waals surface area contributed by atoms with Crippen LogP contribution >= 0.6 is 0 Å². The summed E-state index contributed by atoms with van der Waals surface area (Å²) >= 11 is 0. The molecule has 1 saturated heterocycles. The van der Waals surface area contributed by atoms with E-state index in [-0.39, 0.29) is 10.5 Å². The van der Waals surface area contributed by atoms with Crippen LogP contribution in [0.4, 0.5) is 10.1 Å². The summed E-state index contributed by atoms with van der Waals surface area (Å²) in [5, 5.41) is 0. The molecule has 0 N–H and O–H groups in total. The highest BCUT2D eigenvalue weighted by molar-refractivity contribution is 7.89. The van der Waals surface area contributed by atoms with E-state index >= 15 is 4.39 Å². The Balaban J connectivity index is 2.13. The van der Waals surface area contributed by atoms with E-state index in [1.54, 1.807) is 26.8 Å². The summed E-state index contributed by atoms with van der Waals surface area (Å²) in [6, 6.07) is 4.49. The number of sulfonamides is 1. The molecule has 1 fully saturated rings. The smallest absolute Gasteiger partial charge is 0.270 e. The molecule has 0 spiro atoms. The van der Waals surface area contributed by atoms with E-state index in [2.05, 4.69) is 0 Å². The van der Waals surface area contributed by atoms with Gasteiger partial charge in [0.05, 0.1) is 10.6 Å². The number of alkyl halides is 1. The summed E-state index contributed by atoms with van der Waals surface area (Å²) in [7, 11) is -3.67. The Kier molecular flexibility index (Phi) is 5.14. The van der Waals surface area contributed by atoms with Crippen molar-refractivity contribution in [3.8, 4) is 0 Å². The highest BCUT2D eigenvalue weighted by atomic mass is 32.2. The number of halogens is 1. The van der Waals surface area contributed by atoms with Gasteiger partial charge < -0.3 is 4.90 Å². The van der Waals surface area contributed by atoms with Gasteiger partial charge in [-0.05, 0) is 37.5 Å². The molecule has 1 unspecified atom stereocenters. The van der Waals surface area contributed by atoms with E-state index < -0.39 is 27.0 Å². The first-order chi connectivity index (χ1) is 12.5. The van der Waals surface area contributed by atoms with Gasteiger partial charge in [-0.15, -0.1) is 0 Å². The number of nitrogens with zero attached hydrogens (tertiary/aromatic N) is 2. The SMILES string of the molecule is CCCCN1C(=O)C(F)(C(C)(C)C)c2cc(S(=O)(=O)N3CCCC3)ccc21. The lowest BCUT2D eigenvalue weighted by Crippen LogP contribution is -2.46. The van der Waals surface area contributed by atoms with Gasteiger partial charge >= 0.3 is 0 Å². The molecule has 2 aliphatic heterocycles. The van der Waals surface area contributed by atoms with Gasteiger partial charge in [-0.1, -0.05) is 34.1 Å². The summed E-state index contributed by atoms with van der Waals surface area (Å²) in [6.07, 6.45) is 3.32. The summed E-state index contributed by atoms with van der Waals surface area (Å²) in [6.45, 7) is 8.46. The zero-order chi connectivity index (χ0) is 20.0. The summed E-state index contributed by atoms with van der Waals surface area (Å²) in [5.74, 6) is -0.589. The summed E-state index contributed by atoms with van der Waals surface area (Å²) < 4.78 is 43.5. The van der Waals surface area contributed by atoms with Gasteiger partial charge in [-0.2, -0.15) is 4.31 Å². The molecule has 150 valence electrons. The second-order valence-corrected chi connectivity index (χ2v) is 10.4. The molecule has 7 heteroatoms. The van der Waals surface area contributed by atoms with E-state index in [9.17, 15) is 13.2 Å². The van der Waals surface area contributed by atoms with Gasteiger partial charge in [0.2, 0.25) is 15.7 Å². The topological polar surface area (TPSA) is 57.7 Å². The second kappa shape index (κ2) is 6.85. The normalized spacial score (nSPS) is 23.9. The van der Waals surface area contributed by atoms with Crippen molar-refractivity contribution in [2.75, 3.05) is 24.5 Å². The monoisotopic (exact) mass is 396 g/mol. The molecule has 1 amide bonds. The first kappa shape index (κ1) is 20.3. The third kappa shape index (κ3) is 3.09. The van der Waals surface area contributed by atoms with Crippen molar-refractivity contribution in [2.24, 2.45) is 5.41 Å². The lowest BCUT2D eigenvalue weighted by molar-refractivity contribution is -0.136. The lowest BCUT2D eigenvalue weighted by Gasteiger charge is -2.33. The van der Waals surface area contributed by atoms with Crippen LogP contribution in [0.1, 0.15) is 58.9 Å². The maximum absolute atomic E-state index is 16.2. The number of unbranched alkanes of at least 4 members (excludes halogenated alkanes) is 1. The Morgan fingerprint density at radius 3 is 2.37 bits per heavy atom. The van der Waals surface area contributed by atoms with Crippen LogP contribution in [0.2, 0.25) is 0 Å². The third-order valence-corrected chi connectivity index (χ3v) is 7.54. The van der Waals surface area contributed by atoms with Crippen LogP contribution < -0.4 is 4.90 Å². The number of anilines is 1. The Hall–Kier alpha value is -1.47. The van der Waals surface area contributed by atoms with E-state index in [1.165, 1.54) is 21.3 Å². The molecule has 2 aliphatic rings. The zero-order valence-corrected chi connectivity index (χ0v) is 17.4. The van der Waals surface area contributed by atoms with Gasteiger partial charge in [-0.3, -0.25) is 4.79 Å². The van der Waals surface area contributed by atoms with Crippen molar-refractivity contribution in [3.63, 3.8) is 0 Å². The number of hydrogen-bond donors (Lipinski definition) is 0. The molecule has 5 nitrogen and oxygen atoms in total. The van der Waals surface area contributed by atoms with Crippen molar-refractivity contribution < 1.29 is 17.6 Å². The van der Waals surface area contributed by atoms with Crippen molar-refractivity contribution in [1.29, 1.82) is 0 Å². The fourth-order valence-corrected chi connectivity index (χ4v) is 5.48. The quantitative estimate of drug-likeness (QED) is 0.760. The maximum atomic E-state index is 16.2. The predicted molar refractivity (Wildman–Crippen MR) is 104 cm³/mol. The second-order valence-electron chi connectivity index (χ2n) is 8.51. The maximum Gasteiger partial charge on any atom is 0.270 e. The molecule has 0 aromatic heterocycles. The van der Waals surface area contributed by atoms with E-state index in [4.69, 9.17) is 0 Å². The summed E-state index contributed by atoms with van der Waals surface area (Å²) in [4.78, 5) is 14.6. The minimum atomic E-state index is -3.67. The standard InChI is InChI=1S/C20H29FN2O3S/c1-5-6-13-23-17-10-9-15(27(25,26)22-11-7-8-12-22)14-16(17)20(21,18(23)24)19(2,3)4/h9-10,14H,5-8,11-13H2,1-4H3. The number of carbonyl (C=O) groups is 1. The Morgan fingerprint density at radius 1 is 1.19 bits per heavy atom. The molecule has 27 heavy (non-hydrogen) atoms. The van der Waals surface area contributed by atoms with E-state index in [0.717, 1.165) is 25.7 Å². The van der Waals surface area contributed by atoms with Gasteiger partial charge in [0.1, 0.15) is 0 Å². The molecule has 0 aliphatic carbocycles. The minimum absolute atomic E-state index is 0.0690. The highest BCUT2D eigenvalue weighted by Gasteiger charge is 2.59. The average Bonchev–Trinajstić information content (AvgIpc) is 3.21. The number of hydrogen-bond acceptors (Lipinski definition) is 3. The largest absolute Gasteiger partial charge is 0.309 e. The van der Waals surface area contributed by atoms with Crippen molar-refractivity contribution in [1.82, 2.24) is 4.31 Å². The van der Waals surface area contributed by atoms with Gasteiger partial charge in [-0.25, -0.2) is 12.8 Å². The lowest BCUT2D eigenvalue weighted by atomic mass is 9.74. The molecular formula is C20H29FN2O3S. The first-order valence-electron chi connectivity index (χ1n) is 9.70. The van der Waals surface area contributed by atoms with Crippen LogP contribution in [0.5, 0.6) is 0 Å². The molecule has 1 aromatic carbocycles. The average molecular weight is 397 g/mol. The number of amides is 1. The predicted octanol–water partition coefficient (Wildman–Crippen LogP) is 3.83. The molecule has 3 rings (SSSR count). The molecule has 0 bridgehead atoms. The van der Waals surface area contributed by atoms with Crippen LogP contribution in [-0.4, -0.2) is 38.3 Å². The van der Waals surface area contributed by atoms with Gasteiger partial charge in [0, 0.05) is 30.6 Å². The number of benzene rings is 1. The number of rotatable bonds is 5. The van der Waals surface area contributed by atoms with Gasteiger partial charge in [0.15, 0.2) is 0 Å². The molecule has 1 atom stereocenters. The zero-order valence-electron chi connectivity index (χ0n) is 16.6. The first-order valence-corrected chi connectivity index (χ1v) is 11.1. The highest BCUT2D eigenvalue weighted by Crippen LogP contribution is 2.53. The Labute approximate surface area is 161 Å². The number of carbonyl (C=O) groups excluding carboxylic acids is 1. The molecular weight excluding hydrogens is 367 g/mol. The van der Waals surface area contributed by atoms with Crippen molar-refractivity contribution in [2.45, 2.75) is 63.9 Å². The number of fused-ring (bicyclic) bond motifs is 1. The summed E-state index contributed by atoms with van der Waals surface area (Å²) in [5.41, 5.74) is -2.56. The Bertz CT molecular complexity index is 841.